The third-order valence-corrected chi connectivity index (χ3v) is 8.32. The Morgan fingerprint density at radius 3 is 2.11 bits per heavy atom. The number of carbonyl (C=O) groups is 2. The van der Waals surface area contributed by atoms with Gasteiger partial charge in [0.05, 0.1) is 0 Å². The second-order valence-electron chi connectivity index (χ2n) is 11.7. The summed E-state index contributed by atoms with van der Waals surface area (Å²) in [7, 11) is 0. The molecule has 0 spiro atoms. The second kappa shape index (κ2) is 16.1. The van der Waals surface area contributed by atoms with E-state index in [0.717, 1.165) is 50.1 Å². The van der Waals surface area contributed by atoms with Crippen LogP contribution in [0.4, 0.5) is 16.2 Å². The summed E-state index contributed by atoms with van der Waals surface area (Å²) in [6.07, 6.45) is 6.49. The Balaban J connectivity index is 1.25. The fourth-order valence-electron chi connectivity index (χ4n) is 5.54. The molecule has 0 aliphatic carbocycles. The number of hydrogen-bond donors (Lipinski definition) is 3. The molecular formula is C36H48N4O4. The third kappa shape index (κ3) is 9.48. The Morgan fingerprint density at radius 2 is 1.50 bits per heavy atom. The van der Waals surface area contributed by atoms with Gasteiger partial charge in [-0.15, -0.1) is 0 Å². The molecule has 8 heteroatoms. The Labute approximate surface area is 262 Å². The van der Waals surface area contributed by atoms with Gasteiger partial charge in [-0.1, -0.05) is 27.2 Å². The van der Waals surface area contributed by atoms with Crippen molar-refractivity contribution in [1.29, 1.82) is 0 Å². The van der Waals surface area contributed by atoms with Crippen LogP contribution in [-0.4, -0.2) is 48.1 Å². The zero-order valence-electron chi connectivity index (χ0n) is 26.8. The van der Waals surface area contributed by atoms with E-state index in [1.807, 2.05) is 61.5 Å². The molecule has 1 atom stereocenters. The maximum atomic E-state index is 12.9. The van der Waals surface area contributed by atoms with Crippen molar-refractivity contribution in [2.24, 2.45) is 0 Å². The van der Waals surface area contributed by atoms with Crippen LogP contribution < -0.4 is 25.4 Å². The van der Waals surface area contributed by atoms with Crippen molar-refractivity contribution in [2.75, 3.05) is 23.7 Å². The highest BCUT2D eigenvalue weighted by atomic mass is 16.5. The number of nitrogens with zero attached hydrogens (tertiary/aromatic N) is 1. The lowest BCUT2D eigenvalue weighted by Crippen LogP contribution is -2.42. The number of nitrogens with one attached hydrogen (secondary N) is 3. The second-order valence-corrected chi connectivity index (χ2v) is 11.7. The predicted molar refractivity (Wildman–Crippen MR) is 178 cm³/mol. The minimum Gasteiger partial charge on any atom is -0.490 e. The zero-order valence-corrected chi connectivity index (χ0v) is 26.8. The lowest BCUT2D eigenvalue weighted by molar-refractivity contribution is 0.0773. The number of likely N-dealkylation sites (tertiary alicyclic amines) is 1. The van der Waals surface area contributed by atoms with Crippen LogP contribution in [-0.2, 0) is 0 Å². The average molecular weight is 601 g/mol. The Hall–Kier alpha value is -4.04. The first-order chi connectivity index (χ1) is 21.3. The van der Waals surface area contributed by atoms with Crippen LogP contribution >= 0.6 is 0 Å². The summed E-state index contributed by atoms with van der Waals surface area (Å²) in [5.74, 6) is 1.95. The average Bonchev–Trinajstić information content (AvgIpc) is 3.03. The summed E-state index contributed by atoms with van der Waals surface area (Å²) < 4.78 is 12.3. The molecule has 3 aromatic rings. The SMILES string of the molecule is CCCC(C)N1CCC(Oc2ccc(C(=O)Nc3ccc(Oc4ccc(NC(=O)NC(CC)CC)cc4)c(C)c3)cc2)CC1. The molecule has 1 aliphatic rings. The van der Waals surface area contributed by atoms with Gasteiger partial charge in [0.15, 0.2) is 0 Å². The third-order valence-electron chi connectivity index (χ3n) is 8.32. The van der Waals surface area contributed by atoms with Crippen molar-refractivity contribution in [3.05, 3.63) is 77.9 Å². The molecule has 44 heavy (non-hydrogen) atoms. The van der Waals surface area contributed by atoms with E-state index in [-0.39, 0.29) is 24.1 Å². The number of rotatable bonds is 13. The highest BCUT2D eigenvalue weighted by molar-refractivity contribution is 6.04. The van der Waals surface area contributed by atoms with Crippen LogP contribution in [0, 0.1) is 6.92 Å². The fraction of sp³-hybridized carbons (Fsp3) is 0.444. The van der Waals surface area contributed by atoms with Gasteiger partial charge in [-0.25, -0.2) is 4.79 Å². The van der Waals surface area contributed by atoms with Gasteiger partial charge in [0.1, 0.15) is 23.4 Å². The van der Waals surface area contributed by atoms with Crippen LogP contribution in [0.1, 0.15) is 82.1 Å². The van der Waals surface area contributed by atoms with E-state index in [1.54, 1.807) is 12.1 Å². The quantitative estimate of drug-likeness (QED) is 0.183. The molecule has 1 aliphatic heterocycles. The number of anilines is 2. The van der Waals surface area contributed by atoms with Gasteiger partial charge in [-0.3, -0.25) is 4.79 Å². The van der Waals surface area contributed by atoms with E-state index in [4.69, 9.17) is 9.47 Å². The fourth-order valence-corrected chi connectivity index (χ4v) is 5.54. The summed E-state index contributed by atoms with van der Waals surface area (Å²) in [5.41, 5.74) is 2.83. The molecule has 1 heterocycles. The van der Waals surface area contributed by atoms with Crippen molar-refractivity contribution in [2.45, 2.75) is 91.3 Å². The molecule has 0 saturated carbocycles. The zero-order chi connectivity index (χ0) is 31.5. The summed E-state index contributed by atoms with van der Waals surface area (Å²) >= 11 is 0. The smallest absolute Gasteiger partial charge is 0.319 e. The normalized spacial score (nSPS) is 14.6. The molecule has 4 rings (SSSR count). The number of aryl methyl sites for hydroxylation is 1. The van der Waals surface area contributed by atoms with Crippen molar-refractivity contribution in [3.63, 3.8) is 0 Å². The first kappa shape index (κ1) is 32.9. The molecule has 8 nitrogen and oxygen atoms in total. The number of urea groups is 1. The Bertz CT molecular complexity index is 1350. The molecule has 3 aromatic carbocycles. The van der Waals surface area contributed by atoms with E-state index in [1.165, 1.54) is 12.8 Å². The van der Waals surface area contributed by atoms with Crippen LogP contribution in [0.25, 0.3) is 0 Å². The maximum absolute atomic E-state index is 12.9. The number of ether oxygens (including phenoxy) is 2. The number of amides is 3. The molecule has 1 unspecified atom stereocenters. The molecule has 1 fully saturated rings. The van der Waals surface area contributed by atoms with Crippen LogP contribution in [0.5, 0.6) is 17.2 Å². The van der Waals surface area contributed by atoms with E-state index in [9.17, 15) is 9.59 Å². The molecule has 236 valence electrons. The summed E-state index contributed by atoms with van der Waals surface area (Å²) in [5, 5.41) is 8.80. The van der Waals surface area contributed by atoms with Crippen LogP contribution in [0.2, 0.25) is 0 Å². The maximum Gasteiger partial charge on any atom is 0.319 e. The highest BCUT2D eigenvalue weighted by Crippen LogP contribution is 2.29. The van der Waals surface area contributed by atoms with E-state index >= 15 is 0 Å². The standard InChI is InChI=1S/C36H48N4O4/c1-6-9-26(5)40-22-20-33(21-23-40)43-31-15-10-27(11-16-31)35(41)37-30-14-19-34(25(4)24-30)44-32-17-12-29(13-18-32)39-36(42)38-28(7-2)8-3/h10-19,24,26,28,33H,6-9,20-23H2,1-5H3,(H,37,41)(H2,38,39,42). The molecule has 0 bridgehead atoms. The van der Waals surface area contributed by atoms with E-state index < -0.39 is 0 Å². The molecule has 0 aromatic heterocycles. The van der Waals surface area contributed by atoms with Gasteiger partial charge in [-0.05, 0) is 118 Å². The van der Waals surface area contributed by atoms with Gasteiger partial charge in [0.2, 0.25) is 0 Å². The molecule has 3 amide bonds. The number of hydrogen-bond acceptors (Lipinski definition) is 5. The molecular weight excluding hydrogens is 552 g/mol. The van der Waals surface area contributed by atoms with Crippen LogP contribution in [0.15, 0.2) is 66.7 Å². The van der Waals surface area contributed by atoms with Gasteiger partial charge in [-0.2, -0.15) is 0 Å². The summed E-state index contributed by atoms with van der Waals surface area (Å²) in [6, 6.07) is 20.7. The lowest BCUT2D eigenvalue weighted by Gasteiger charge is -2.36. The molecule has 1 saturated heterocycles. The lowest BCUT2D eigenvalue weighted by atomic mass is 10.0. The van der Waals surface area contributed by atoms with Gasteiger partial charge < -0.3 is 30.3 Å². The Morgan fingerprint density at radius 1 is 0.864 bits per heavy atom. The first-order valence-electron chi connectivity index (χ1n) is 16.1. The number of carbonyl (C=O) groups excluding carboxylic acids is 2. The summed E-state index contributed by atoms with van der Waals surface area (Å²) in [6.45, 7) is 12.7. The topological polar surface area (TPSA) is 91.9 Å². The van der Waals surface area contributed by atoms with Crippen molar-refractivity contribution in [3.8, 4) is 17.2 Å². The van der Waals surface area contributed by atoms with E-state index in [2.05, 4.69) is 48.5 Å². The van der Waals surface area contributed by atoms with Crippen molar-refractivity contribution >= 4 is 23.3 Å². The minimum absolute atomic E-state index is 0.158. The highest BCUT2D eigenvalue weighted by Gasteiger charge is 2.23. The minimum atomic E-state index is -0.214. The molecule has 3 N–H and O–H groups in total. The van der Waals surface area contributed by atoms with E-state index in [0.29, 0.717) is 34.5 Å². The largest absolute Gasteiger partial charge is 0.490 e. The monoisotopic (exact) mass is 600 g/mol. The van der Waals surface area contributed by atoms with Crippen LogP contribution in [0.3, 0.4) is 0 Å². The number of piperidine rings is 1. The summed E-state index contributed by atoms with van der Waals surface area (Å²) in [4.78, 5) is 27.7. The molecule has 0 radical (unpaired) electrons. The van der Waals surface area contributed by atoms with Gasteiger partial charge in [0.25, 0.3) is 5.91 Å². The van der Waals surface area contributed by atoms with Crippen molar-refractivity contribution < 1.29 is 19.1 Å². The van der Waals surface area contributed by atoms with Crippen molar-refractivity contribution in [1.82, 2.24) is 10.2 Å². The van der Waals surface area contributed by atoms with Gasteiger partial charge >= 0.3 is 6.03 Å². The van der Waals surface area contributed by atoms with Gasteiger partial charge in [0, 0.05) is 42.1 Å². The Kier molecular flexibility index (Phi) is 12.1. The first-order valence-corrected chi connectivity index (χ1v) is 16.1. The predicted octanol–water partition coefficient (Wildman–Crippen LogP) is 8.38. The number of benzene rings is 3.